The van der Waals surface area contributed by atoms with Crippen LogP contribution in [0.1, 0.15) is 32.7 Å². The predicted molar refractivity (Wildman–Crippen MR) is 139 cm³/mol. The van der Waals surface area contributed by atoms with E-state index in [1.165, 1.54) is 0 Å². The number of nitrogens with one attached hydrogen (secondary N) is 4. The number of aryl methyl sites for hydroxylation is 3. The minimum Gasteiger partial charge on any atom is -0.361 e. The van der Waals surface area contributed by atoms with Crippen molar-refractivity contribution >= 4 is 22.6 Å². The fourth-order valence-corrected chi connectivity index (χ4v) is 4.79. The number of aromatic nitrogens is 3. The maximum absolute atomic E-state index is 13.4. The maximum atomic E-state index is 13.4. The molecule has 0 radical (unpaired) electrons. The predicted octanol–water partition coefficient (Wildman–Crippen LogP) is 3.18. The summed E-state index contributed by atoms with van der Waals surface area (Å²) >= 11 is 0. The largest absolute Gasteiger partial charge is 0.361 e. The molecule has 4 N–H and O–H groups in total. The minimum absolute atomic E-state index is 0.163. The molecular weight excluding hydrogens is 440 g/mol. The second-order valence-corrected chi connectivity index (χ2v) is 9.19. The molecule has 3 aromatic heterocycles. The lowest BCUT2D eigenvalue weighted by Crippen LogP contribution is -2.43. The quantitative estimate of drug-likeness (QED) is 0.359. The van der Waals surface area contributed by atoms with Crippen LogP contribution < -0.4 is 21.1 Å². The zero-order valence-electron chi connectivity index (χ0n) is 20.3. The molecule has 1 aliphatic rings. The number of carbonyl (C=O) groups excluding carboxylic acids is 1. The number of anilines is 1. The molecule has 0 aliphatic carbocycles. The van der Waals surface area contributed by atoms with E-state index in [1.54, 1.807) is 0 Å². The number of H-pyrrole nitrogens is 2. The van der Waals surface area contributed by atoms with Gasteiger partial charge in [-0.2, -0.15) is 0 Å². The Labute approximate surface area is 203 Å². The SMILES string of the molecule is Cc1cc(C)c(CNC(=O)c2cc(-c3ccc(N4CCNCC4)nc3)cc3[nH]cc(C)c23)c(=O)[nH]1. The van der Waals surface area contributed by atoms with Crippen LogP contribution in [0.3, 0.4) is 0 Å². The Morgan fingerprint density at radius 1 is 1.06 bits per heavy atom. The van der Waals surface area contributed by atoms with Crippen LogP contribution in [0.4, 0.5) is 5.82 Å². The number of amides is 1. The fourth-order valence-electron chi connectivity index (χ4n) is 4.79. The van der Waals surface area contributed by atoms with E-state index in [4.69, 9.17) is 4.98 Å². The molecule has 5 rings (SSSR count). The summed E-state index contributed by atoms with van der Waals surface area (Å²) in [7, 11) is 0. The van der Waals surface area contributed by atoms with Crippen molar-refractivity contribution in [2.24, 2.45) is 0 Å². The van der Waals surface area contributed by atoms with E-state index in [2.05, 4.69) is 37.6 Å². The van der Waals surface area contributed by atoms with E-state index in [0.29, 0.717) is 11.1 Å². The van der Waals surface area contributed by atoms with Gasteiger partial charge in [0.15, 0.2) is 0 Å². The van der Waals surface area contributed by atoms with Gasteiger partial charge in [0.25, 0.3) is 11.5 Å². The van der Waals surface area contributed by atoms with Crippen molar-refractivity contribution in [2.75, 3.05) is 31.1 Å². The molecule has 1 fully saturated rings. The van der Waals surface area contributed by atoms with E-state index >= 15 is 0 Å². The Morgan fingerprint density at radius 3 is 2.57 bits per heavy atom. The summed E-state index contributed by atoms with van der Waals surface area (Å²) in [6.45, 7) is 9.66. The molecule has 1 amide bonds. The van der Waals surface area contributed by atoms with Crippen molar-refractivity contribution < 1.29 is 4.79 Å². The highest BCUT2D eigenvalue weighted by atomic mass is 16.1. The number of fused-ring (bicyclic) bond motifs is 1. The van der Waals surface area contributed by atoms with E-state index in [9.17, 15) is 9.59 Å². The molecule has 4 aromatic rings. The van der Waals surface area contributed by atoms with Gasteiger partial charge in [0.2, 0.25) is 0 Å². The van der Waals surface area contributed by atoms with Crippen molar-refractivity contribution in [1.82, 2.24) is 25.6 Å². The molecule has 0 atom stereocenters. The van der Waals surface area contributed by atoms with Gasteiger partial charge in [-0.3, -0.25) is 9.59 Å². The summed E-state index contributed by atoms with van der Waals surface area (Å²) in [6, 6.07) is 9.96. The van der Waals surface area contributed by atoms with E-state index in [1.807, 2.05) is 51.4 Å². The maximum Gasteiger partial charge on any atom is 0.253 e. The molecule has 0 unspecified atom stereocenters. The Balaban J connectivity index is 1.45. The van der Waals surface area contributed by atoms with E-state index in [0.717, 1.165) is 70.8 Å². The second kappa shape index (κ2) is 9.38. The third-order valence-corrected chi connectivity index (χ3v) is 6.66. The van der Waals surface area contributed by atoms with Crippen LogP contribution in [-0.4, -0.2) is 47.0 Å². The summed E-state index contributed by atoms with van der Waals surface area (Å²) in [5.41, 5.74) is 6.36. The molecule has 1 saturated heterocycles. The standard InChI is InChI=1S/C27H30N6O2/c1-16-10-18(3)32-27(35)22(16)15-31-26(34)21-11-20(12-23-25(21)17(2)13-29-23)19-4-5-24(30-14-19)33-8-6-28-7-9-33/h4-5,10-14,28-29H,6-9,15H2,1-3H3,(H,31,34)(H,32,35). The Morgan fingerprint density at radius 2 is 1.86 bits per heavy atom. The van der Waals surface area contributed by atoms with Crippen molar-refractivity contribution in [1.29, 1.82) is 0 Å². The van der Waals surface area contributed by atoms with Crippen molar-refractivity contribution in [3.63, 3.8) is 0 Å². The molecule has 8 nitrogen and oxygen atoms in total. The first-order valence-electron chi connectivity index (χ1n) is 11.9. The number of carbonyl (C=O) groups is 1. The van der Waals surface area contributed by atoms with Gasteiger partial charge in [0, 0.05) is 78.4 Å². The van der Waals surface area contributed by atoms with Crippen LogP contribution in [0.2, 0.25) is 0 Å². The Bertz CT molecular complexity index is 1450. The lowest BCUT2D eigenvalue weighted by molar-refractivity contribution is 0.0952. The molecule has 4 heterocycles. The number of hydrogen-bond donors (Lipinski definition) is 4. The summed E-state index contributed by atoms with van der Waals surface area (Å²) in [6.07, 6.45) is 3.77. The van der Waals surface area contributed by atoms with Gasteiger partial charge in [0.05, 0.1) is 0 Å². The molecule has 35 heavy (non-hydrogen) atoms. The van der Waals surface area contributed by atoms with Crippen LogP contribution in [0, 0.1) is 20.8 Å². The molecule has 1 aromatic carbocycles. The monoisotopic (exact) mass is 470 g/mol. The number of aromatic amines is 2. The summed E-state index contributed by atoms with van der Waals surface area (Å²) in [4.78, 5) is 38.8. The number of piperazine rings is 1. The summed E-state index contributed by atoms with van der Waals surface area (Å²) < 4.78 is 0. The smallest absolute Gasteiger partial charge is 0.253 e. The normalized spacial score (nSPS) is 13.9. The molecule has 8 heteroatoms. The van der Waals surface area contributed by atoms with Crippen LogP contribution in [-0.2, 0) is 6.54 Å². The fraction of sp³-hybridized carbons (Fsp3) is 0.296. The van der Waals surface area contributed by atoms with E-state index < -0.39 is 0 Å². The highest BCUT2D eigenvalue weighted by Gasteiger charge is 2.17. The highest BCUT2D eigenvalue weighted by Crippen LogP contribution is 2.30. The van der Waals surface area contributed by atoms with Gasteiger partial charge in [0.1, 0.15) is 5.82 Å². The zero-order valence-corrected chi connectivity index (χ0v) is 20.3. The molecular formula is C27H30N6O2. The number of pyridine rings is 2. The van der Waals surface area contributed by atoms with Crippen molar-refractivity contribution in [2.45, 2.75) is 27.3 Å². The first kappa shape index (κ1) is 22.9. The Kier molecular flexibility index (Phi) is 6.13. The third kappa shape index (κ3) is 4.57. The van der Waals surface area contributed by atoms with Gasteiger partial charge < -0.3 is 25.5 Å². The third-order valence-electron chi connectivity index (χ3n) is 6.66. The molecule has 1 aliphatic heterocycles. The van der Waals surface area contributed by atoms with Crippen LogP contribution >= 0.6 is 0 Å². The minimum atomic E-state index is -0.218. The van der Waals surface area contributed by atoms with Gasteiger partial charge in [-0.25, -0.2) is 4.98 Å². The summed E-state index contributed by atoms with van der Waals surface area (Å²) in [5.74, 6) is 0.744. The average Bonchev–Trinajstić information content (AvgIpc) is 3.24. The number of hydrogen-bond acceptors (Lipinski definition) is 5. The van der Waals surface area contributed by atoms with E-state index in [-0.39, 0.29) is 18.0 Å². The lowest BCUT2D eigenvalue weighted by atomic mass is 9.99. The van der Waals surface area contributed by atoms with Gasteiger partial charge in [-0.05, 0) is 67.8 Å². The van der Waals surface area contributed by atoms with Gasteiger partial charge in [-0.15, -0.1) is 0 Å². The lowest BCUT2D eigenvalue weighted by Gasteiger charge is -2.28. The molecule has 0 spiro atoms. The molecule has 0 bridgehead atoms. The van der Waals surface area contributed by atoms with Crippen molar-refractivity contribution in [3.8, 4) is 11.1 Å². The van der Waals surface area contributed by atoms with Gasteiger partial charge in [-0.1, -0.05) is 0 Å². The van der Waals surface area contributed by atoms with Crippen molar-refractivity contribution in [3.05, 3.63) is 81.0 Å². The average molecular weight is 471 g/mol. The number of nitrogens with zero attached hydrogens (tertiary/aromatic N) is 2. The molecule has 180 valence electrons. The van der Waals surface area contributed by atoms with Crippen LogP contribution in [0.5, 0.6) is 0 Å². The van der Waals surface area contributed by atoms with Crippen LogP contribution in [0.25, 0.3) is 22.0 Å². The highest BCUT2D eigenvalue weighted by molar-refractivity contribution is 6.09. The zero-order chi connectivity index (χ0) is 24.5. The number of rotatable bonds is 5. The number of benzene rings is 1. The summed E-state index contributed by atoms with van der Waals surface area (Å²) in [5, 5.41) is 7.19. The Hall–Kier alpha value is -3.91. The first-order chi connectivity index (χ1) is 16.9. The second-order valence-electron chi connectivity index (χ2n) is 9.19. The van der Waals surface area contributed by atoms with Gasteiger partial charge >= 0.3 is 0 Å². The molecule has 0 saturated carbocycles. The topological polar surface area (TPSA) is 106 Å². The first-order valence-corrected chi connectivity index (χ1v) is 11.9. The van der Waals surface area contributed by atoms with Crippen LogP contribution in [0.15, 0.2) is 47.5 Å².